The van der Waals surface area contributed by atoms with E-state index in [1.54, 1.807) is 22.1 Å². The van der Waals surface area contributed by atoms with Crippen molar-refractivity contribution in [1.82, 2.24) is 4.90 Å². The third kappa shape index (κ3) is 6.04. The molecule has 0 N–H and O–H groups in total. The van der Waals surface area contributed by atoms with Gasteiger partial charge in [0.2, 0.25) is 0 Å². The van der Waals surface area contributed by atoms with Gasteiger partial charge in [-0.15, -0.1) is 0 Å². The van der Waals surface area contributed by atoms with Gasteiger partial charge < -0.3 is 0 Å². The first-order valence-corrected chi connectivity index (χ1v) is 7.29. The molecule has 0 heterocycles. The molecule has 1 aliphatic rings. The van der Waals surface area contributed by atoms with E-state index in [0.29, 0.717) is 0 Å². The van der Waals surface area contributed by atoms with Gasteiger partial charge in [0.25, 0.3) is 0 Å². The maximum atomic E-state index is 11.6. The van der Waals surface area contributed by atoms with Crippen molar-refractivity contribution in [1.29, 1.82) is 0 Å². The molecule has 0 unspecified atom stereocenters. The molecule has 0 aromatic carbocycles. The van der Waals surface area contributed by atoms with E-state index >= 15 is 0 Å². The molecular formula is C16H25BNO. The quantitative estimate of drug-likeness (QED) is 0.283. The van der Waals surface area contributed by atoms with Gasteiger partial charge in [-0.1, -0.05) is 0 Å². The molecule has 0 aromatic rings. The van der Waals surface area contributed by atoms with Crippen LogP contribution in [0, 0.1) is 0 Å². The molecule has 0 saturated heterocycles. The Hall–Kier alpha value is -1.12. The fourth-order valence-electron chi connectivity index (χ4n) is 2.25. The van der Waals surface area contributed by atoms with Crippen molar-refractivity contribution < 1.29 is 4.79 Å². The van der Waals surface area contributed by atoms with Gasteiger partial charge in [0.1, 0.15) is 0 Å². The molecule has 1 fully saturated rings. The Balaban J connectivity index is 2.08. The number of nitrogens with zero attached hydrogens (tertiary/aromatic N) is 1. The Kier molecular flexibility index (Phi) is 7.46. The van der Waals surface area contributed by atoms with Crippen molar-refractivity contribution >= 4 is 19.4 Å². The Morgan fingerprint density at radius 3 is 2.63 bits per heavy atom. The van der Waals surface area contributed by atoms with Crippen molar-refractivity contribution in [2.45, 2.75) is 51.9 Å². The second kappa shape index (κ2) is 8.90. The predicted octanol–water partition coefficient (Wildman–Crippen LogP) is 3.03. The first-order valence-electron chi connectivity index (χ1n) is 7.29. The van der Waals surface area contributed by atoms with Gasteiger partial charge in [-0.05, 0) is 19.3 Å². The molecule has 0 spiro atoms. The second-order valence-electron chi connectivity index (χ2n) is 5.36. The van der Waals surface area contributed by atoms with Gasteiger partial charge in [-0.2, -0.15) is 0 Å². The minimum atomic E-state index is 0.0227. The molecule has 0 aliphatic heterocycles. The first kappa shape index (κ1) is 15.9. The van der Waals surface area contributed by atoms with E-state index in [-0.39, 0.29) is 5.91 Å². The minimum Gasteiger partial charge on any atom is -0.0458 e. The zero-order valence-electron chi connectivity index (χ0n) is 12.3. The van der Waals surface area contributed by atoms with Crippen LogP contribution in [-0.2, 0) is 4.79 Å². The maximum absolute atomic E-state index is 11.6. The summed E-state index contributed by atoms with van der Waals surface area (Å²) < 4.78 is 0. The van der Waals surface area contributed by atoms with Crippen molar-refractivity contribution in [2.24, 2.45) is 0 Å². The van der Waals surface area contributed by atoms with Gasteiger partial charge in [0.05, 0.1) is 0 Å². The number of amides is 1. The molecule has 3 heteroatoms. The normalized spacial score (nSPS) is 14.3. The summed E-state index contributed by atoms with van der Waals surface area (Å²) in [7, 11) is 7.04. The average molecular weight is 258 g/mol. The van der Waals surface area contributed by atoms with Crippen LogP contribution < -0.4 is 0 Å². The number of hydrogen-bond acceptors (Lipinski definition) is 1. The van der Waals surface area contributed by atoms with Crippen LogP contribution in [0.25, 0.3) is 0 Å². The summed E-state index contributed by atoms with van der Waals surface area (Å²) in [6.07, 6.45) is 11.9. The van der Waals surface area contributed by atoms with E-state index < -0.39 is 0 Å². The summed E-state index contributed by atoms with van der Waals surface area (Å²) in [5, 5.41) is 0. The molecule has 103 valence electrons. The molecule has 0 bridgehead atoms. The van der Waals surface area contributed by atoms with Crippen LogP contribution in [0.1, 0.15) is 51.9 Å². The zero-order valence-corrected chi connectivity index (χ0v) is 12.3. The fourth-order valence-corrected chi connectivity index (χ4v) is 2.25. The smallest absolute Gasteiger partial charge is 0.0458 e. The van der Waals surface area contributed by atoms with E-state index in [2.05, 4.69) is 6.92 Å². The van der Waals surface area contributed by atoms with Gasteiger partial charge >= 0.3 is 98.6 Å². The van der Waals surface area contributed by atoms with Crippen LogP contribution in [0.4, 0.5) is 0 Å². The van der Waals surface area contributed by atoms with Crippen molar-refractivity contribution in [3.8, 4) is 0 Å². The van der Waals surface area contributed by atoms with Crippen LogP contribution in [0.3, 0.4) is 0 Å². The second-order valence-corrected chi connectivity index (χ2v) is 5.36. The van der Waals surface area contributed by atoms with Crippen molar-refractivity contribution in [3.63, 3.8) is 0 Å². The average Bonchev–Trinajstić information content (AvgIpc) is 2.33. The molecule has 19 heavy (non-hydrogen) atoms. The van der Waals surface area contributed by atoms with Crippen molar-refractivity contribution in [2.75, 3.05) is 13.6 Å². The number of allylic oxidation sites excluding steroid dienone is 3. The standard InChI is InChI=1S/C16H25BNO/c1-14(15-9-6-10-15)8-4-3-5-13-18(2)16(19)11-7-12-17/h7,11-12H,3-6,8-10,13H2,1-2H3/b11-7-. The Morgan fingerprint density at radius 1 is 1.32 bits per heavy atom. The first-order chi connectivity index (χ1) is 9.15. The molecule has 1 aliphatic carbocycles. The van der Waals surface area contributed by atoms with Crippen molar-refractivity contribution in [3.05, 3.63) is 23.3 Å². The minimum absolute atomic E-state index is 0.0227. The van der Waals surface area contributed by atoms with Gasteiger partial charge in [0.15, 0.2) is 0 Å². The number of likely N-dealkylation sites (N-methyl/N-ethyl adjacent to an activating group) is 1. The summed E-state index contributed by atoms with van der Waals surface area (Å²) >= 11 is 0. The molecule has 1 radical (unpaired) electrons. The summed E-state index contributed by atoms with van der Waals surface area (Å²) in [6, 6.07) is 0. The Bertz CT molecular complexity index is 365. The van der Waals surface area contributed by atoms with Crippen LogP contribution in [0.5, 0.6) is 0 Å². The molecule has 2 nitrogen and oxygen atoms in total. The summed E-state index contributed by atoms with van der Waals surface area (Å²) in [4.78, 5) is 13.3. The van der Waals surface area contributed by atoms with E-state index in [9.17, 15) is 4.79 Å². The monoisotopic (exact) mass is 258 g/mol. The molecule has 1 amide bonds. The number of carbonyl (C=O) groups excluding carboxylic acids is 1. The SMILES string of the molecule is [B]=C/C=C\C(=O)N(C)CCCCCC(C)=C1CCC1. The third-order valence-corrected chi connectivity index (χ3v) is 3.83. The molecule has 1 rings (SSSR count). The number of rotatable bonds is 8. The predicted molar refractivity (Wildman–Crippen MR) is 83.6 cm³/mol. The van der Waals surface area contributed by atoms with E-state index in [1.807, 2.05) is 7.05 Å². The molecule has 0 atom stereocenters. The van der Waals surface area contributed by atoms with E-state index in [1.165, 1.54) is 50.6 Å². The number of carbonyl (C=O) groups is 1. The summed E-state index contributed by atoms with van der Waals surface area (Å²) in [6.45, 7) is 3.10. The topological polar surface area (TPSA) is 20.3 Å². The number of hydrogen-bond donors (Lipinski definition) is 0. The summed E-state index contributed by atoms with van der Waals surface area (Å²) in [5.74, 6) is 1.40. The molecule has 0 aromatic heterocycles. The van der Waals surface area contributed by atoms with Gasteiger partial charge in [-0.3, -0.25) is 0 Å². The molecule has 1 saturated carbocycles. The van der Waals surface area contributed by atoms with Gasteiger partial charge in [0, 0.05) is 0 Å². The van der Waals surface area contributed by atoms with Crippen LogP contribution in [0.2, 0.25) is 0 Å². The van der Waals surface area contributed by atoms with Crippen LogP contribution in [0.15, 0.2) is 23.3 Å². The number of unbranched alkanes of at least 4 members (excludes halogenated alkanes) is 2. The Morgan fingerprint density at radius 2 is 2.05 bits per heavy atom. The zero-order chi connectivity index (χ0) is 14.1. The van der Waals surface area contributed by atoms with Crippen LogP contribution in [-0.4, -0.2) is 37.9 Å². The summed E-state index contributed by atoms with van der Waals surface area (Å²) in [5.41, 5.74) is 3.30. The van der Waals surface area contributed by atoms with E-state index in [4.69, 9.17) is 7.49 Å². The molecular weight excluding hydrogens is 233 g/mol. The fraction of sp³-hybridized carbons (Fsp3) is 0.625. The van der Waals surface area contributed by atoms with E-state index in [0.717, 1.165) is 13.0 Å². The van der Waals surface area contributed by atoms with Crippen LogP contribution >= 0.6 is 0 Å². The Labute approximate surface area is 118 Å². The van der Waals surface area contributed by atoms with Gasteiger partial charge in [-0.25, -0.2) is 0 Å². The third-order valence-electron chi connectivity index (χ3n) is 3.83.